The molecule has 0 heterocycles. The molecule has 0 aliphatic heterocycles. The quantitative estimate of drug-likeness (QED) is 0.137. The Morgan fingerprint density at radius 1 is 0.642 bits per heavy atom. The number of nitro benzene ring substituents is 2. The van der Waals surface area contributed by atoms with Gasteiger partial charge in [0.15, 0.2) is 0 Å². The summed E-state index contributed by atoms with van der Waals surface area (Å²) in [7, 11) is 0. The number of alkyl halides is 12. The minimum atomic E-state index is -5.12. The first-order valence-electron chi connectivity index (χ1n) is 15.0. The molecule has 0 aromatic heterocycles. The first-order chi connectivity index (χ1) is 24.2. The first kappa shape index (κ1) is 44.2. The van der Waals surface area contributed by atoms with Crippen molar-refractivity contribution in [3.05, 3.63) is 73.6 Å². The number of nitrogens with zero attached hydrogens (tertiary/aromatic N) is 4. The highest BCUT2D eigenvalue weighted by Crippen LogP contribution is 2.31. The maximum absolute atomic E-state index is 13.1. The summed E-state index contributed by atoms with van der Waals surface area (Å²) in [5.41, 5.74) is -3.27. The van der Waals surface area contributed by atoms with Crippen LogP contribution in [0.3, 0.4) is 0 Å². The number of halogens is 13. The second-order valence-corrected chi connectivity index (χ2v) is 11.6. The third kappa shape index (κ3) is 15.7. The molecule has 0 radical (unpaired) electrons. The van der Waals surface area contributed by atoms with Gasteiger partial charge in [-0.2, -0.15) is 57.1 Å². The fourth-order valence-electron chi connectivity index (χ4n) is 5.03. The molecule has 0 atom stereocenters. The van der Waals surface area contributed by atoms with Gasteiger partial charge in [-0.3, -0.25) is 29.8 Å². The van der Waals surface area contributed by atoms with Gasteiger partial charge in [-0.25, -0.2) is 0 Å². The van der Waals surface area contributed by atoms with Crippen molar-refractivity contribution in [1.82, 2.24) is 9.80 Å². The van der Waals surface area contributed by atoms with Gasteiger partial charge in [0.05, 0.1) is 9.85 Å². The molecule has 0 saturated heterocycles. The van der Waals surface area contributed by atoms with E-state index in [4.69, 9.17) is 0 Å². The zero-order valence-electron chi connectivity index (χ0n) is 26.8. The lowest BCUT2D eigenvalue weighted by atomic mass is 9.89. The van der Waals surface area contributed by atoms with E-state index < -0.39 is 111 Å². The summed E-state index contributed by atoms with van der Waals surface area (Å²) >= 11 is 0. The second kappa shape index (κ2) is 17.7. The minimum absolute atomic E-state index is 0.0558. The Morgan fingerprint density at radius 2 is 1.02 bits per heavy atom. The SMILES string of the molecule is O=C(c1ccc(F)c([N+](=O)[O-])c1)N(CC(F)(F)F)CC(F)(F)F.O=C(c1ccc(NCC2CCCCC2)c([N+](=O)[O-])c1)N(CC(F)(F)F)CC(F)(F)F. The molecule has 1 fully saturated rings. The monoisotopic (exact) mass is 789 g/mol. The van der Waals surface area contributed by atoms with Crippen LogP contribution in [0.2, 0.25) is 0 Å². The molecular formula is C29H28F13N5O6. The maximum Gasteiger partial charge on any atom is 0.406 e. The molecule has 1 N–H and O–H groups in total. The summed E-state index contributed by atoms with van der Waals surface area (Å²) in [5, 5.41) is 24.8. The van der Waals surface area contributed by atoms with Crippen LogP contribution in [0, 0.1) is 32.0 Å². The van der Waals surface area contributed by atoms with E-state index in [-0.39, 0.29) is 11.8 Å². The fourth-order valence-corrected chi connectivity index (χ4v) is 5.03. The topological polar surface area (TPSA) is 139 Å². The number of benzene rings is 2. The fraction of sp³-hybridized carbons (Fsp3) is 0.517. The summed E-state index contributed by atoms with van der Waals surface area (Å²) in [6.07, 6.45) is -15.2. The van der Waals surface area contributed by atoms with E-state index in [9.17, 15) is 86.9 Å². The lowest BCUT2D eigenvalue weighted by Crippen LogP contribution is -2.44. The Kier molecular flexibility index (Phi) is 14.8. The van der Waals surface area contributed by atoms with Crippen LogP contribution in [0.5, 0.6) is 0 Å². The second-order valence-electron chi connectivity index (χ2n) is 11.6. The average Bonchev–Trinajstić information content (AvgIpc) is 3.00. The van der Waals surface area contributed by atoms with Crippen LogP contribution in [-0.2, 0) is 0 Å². The van der Waals surface area contributed by atoms with Crippen LogP contribution in [0.15, 0.2) is 36.4 Å². The number of amides is 2. The van der Waals surface area contributed by atoms with Crippen molar-refractivity contribution in [1.29, 1.82) is 0 Å². The predicted molar refractivity (Wildman–Crippen MR) is 157 cm³/mol. The van der Waals surface area contributed by atoms with Gasteiger partial charge in [-0.1, -0.05) is 19.3 Å². The van der Waals surface area contributed by atoms with Gasteiger partial charge in [-0.05, 0) is 43.0 Å². The number of anilines is 1. The summed E-state index contributed by atoms with van der Waals surface area (Å²) < 4.78 is 163. The largest absolute Gasteiger partial charge is 0.406 e. The van der Waals surface area contributed by atoms with E-state index in [2.05, 4.69) is 5.32 Å². The van der Waals surface area contributed by atoms with Crippen LogP contribution in [0.1, 0.15) is 52.8 Å². The van der Waals surface area contributed by atoms with Gasteiger partial charge in [0, 0.05) is 29.8 Å². The number of carbonyl (C=O) groups excluding carboxylic acids is 2. The molecule has 24 heteroatoms. The third-order valence-electron chi connectivity index (χ3n) is 7.19. The standard InChI is InChI=1S/C18H21F6N3O3.C11H7F7N2O3/c19-17(20,21)10-26(11-18(22,23)24)16(28)13-6-7-14(15(8-13)27(29)30)25-9-12-4-2-1-3-5-12;12-7-2-1-6(3-8(7)20(22)23)9(21)19(4-10(13,14)15)5-11(16,17)18/h6-8,12,25H,1-5,9-11H2;1-3H,4-5H2. The number of hydrogen-bond acceptors (Lipinski definition) is 7. The molecule has 2 aromatic carbocycles. The van der Waals surface area contributed by atoms with E-state index in [1.54, 1.807) is 0 Å². The van der Waals surface area contributed by atoms with Crippen LogP contribution < -0.4 is 5.32 Å². The van der Waals surface area contributed by atoms with Gasteiger partial charge < -0.3 is 15.1 Å². The number of nitrogens with one attached hydrogen (secondary N) is 1. The molecule has 0 bridgehead atoms. The van der Waals surface area contributed by atoms with Gasteiger partial charge in [-0.15, -0.1) is 0 Å². The molecule has 11 nitrogen and oxygen atoms in total. The molecule has 3 rings (SSSR count). The first-order valence-corrected chi connectivity index (χ1v) is 15.0. The maximum atomic E-state index is 13.1. The summed E-state index contributed by atoms with van der Waals surface area (Å²) in [6.45, 7) is -8.23. The van der Waals surface area contributed by atoms with Crippen LogP contribution in [0.25, 0.3) is 0 Å². The minimum Gasteiger partial charge on any atom is -0.379 e. The zero-order chi connectivity index (χ0) is 40.5. The van der Waals surface area contributed by atoms with Crippen molar-refractivity contribution in [2.24, 2.45) is 5.92 Å². The van der Waals surface area contributed by atoms with Crippen molar-refractivity contribution in [3.63, 3.8) is 0 Å². The highest BCUT2D eigenvalue weighted by molar-refractivity contribution is 5.96. The normalized spacial score (nSPS) is 14.1. The van der Waals surface area contributed by atoms with Crippen molar-refractivity contribution in [2.75, 3.05) is 38.0 Å². The predicted octanol–water partition coefficient (Wildman–Crippen LogP) is 8.45. The molecule has 296 valence electrons. The van der Waals surface area contributed by atoms with Gasteiger partial charge in [0.25, 0.3) is 17.5 Å². The van der Waals surface area contributed by atoms with Gasteiger partial charge in [0.1, 0.15) is 31.9 Å². The average molecular weight is 790 g/mol. The Hall–Kier alpha value is -4.93. The smallest absolute Gasteiger partial charge is 0.379 e. The van der Waals surface area contributed by atoms with Crippen LogP contribution >= 0.6 is 0 Å². The van der Waals surface area contributed by atoms with E-state index in [1.807, 2.05) is 0 Å². The van der Waals surface area contributed by atoms with Crippen molar-refractivity contribution in [3.8, 4) is 0 Å². The molecule has 1 aliphatic carbocycles. The highest BCUT2D eigenvalue weighted by Gasteiger charge is 2.41. The van der Waals surface area contributed by atoms with E-state index >= 15 is 0 Å². The van der Waals surface area contributed by atoms with Gasteiger partial charge in [0.2, 0.25) is 5.82 Å². The van der Waals surface area contributed by atoms with E-state index in [1.165, 1.54) is 0 Å². The summed E-state index contributed by atoms with van der Waals surface area (Å²) in [4.78, 5) is 42.8. The van der Waals surface area contributed by atoms with Gasteiger partial charge >= 0.3 is 30.4 Å². The molecule has 1 aliphatic rings. The van der Waals surface area contributed by atoms with Crippen molar-refractivity contribution >= 4 is 28.9 Å². The van der Waals surface area contributed by atoms with Crippen LogP contribution in [-0.4, -0.2) is 88.9 Å². The Balaban J connectivity index is 0.000000381. The van der Waals surface area contributed by atoms with Crippen molar-refractivity contribution in [2.45, 2.75) is 56.8 Å². The lowest BCUT2D eigenvalue weighted by Gasteiger charge is -2.25. The van der Waals surface area contributed by atoms with Crippen molar-refractivity contribution < 1.29 is 76.5 Å². The molecule has 53 heavy (non-hydrogen) atoms. The third-order valence-corrected chi connectivity index (χ3v) is 7.19. The van der Waals surface area contributed by atoms with Crippen LogP contribution in [0.4, 0.5) is 74.1 Å². The molecule has 0 spiro atoms. The molecule has 2 amide bonds. The highest BCUT2D eigenvalue weighted by atomic mass is 19.4. The van der Waals surface area contributed by atoms with E-state index in [0.29, 0.717) is 30.7 Å². The molecular weight excluding hydrogens is 761 g/mol. The van der Waals surface area contributed by atoms with E-state index in [0.717, 1.165) is 44.2 Å². The Labute approximate surface area is 290 Å². The number of carbonyl (C=O) groups is 2. The Bertz CT molecular complexity index is 1580. The molecule has 2 aromatic rings. The summed E-state index contributed by atoms with van der Waals surface area (Å²) in [5.74, 6) is -4.42. The summed E-state index contributed by atoms with van der Waals surface area (Å²) in [6, 6.07) is 4.06. The Morgan fingerprint density at radius 3 is 1.40 bits per heavy atom. The lowest BCUT2D eigenvalue weighted by molar-refractivity contribution is -0.387. The number of rotatable bonds is 11. The number of nitro groups is 2. The number of hydrogen-bond donors (Lipinski definition) is 1. The molecule has 0 unspecified atom stereocenters. The molecule has 1 saturated carbocycles. The zero-order valence-corrected chi connectivity index (χ0v) is 26.8.